The second-order valence-electron chi connectivity index (χ2n) is 3.41. The SMILES string of the molecule is CC(C)(CO)Sc1cc(C#N)cnn1. The van der Waals surface area contributed by atoms with Crippen LogP contribution < -0.4 is 0 Å². The van der Waals surface area contributed by atoms with Crippen molar-refractivity contribution >= 4 is 11.8 Å². The molecule has 0 radical (unpaired) electrons. The van der Waals surface area contributed by atoms with Crippen molar-refractivity contribution in [2.45, 2.75) is 23.6 Å². The third-order valence-electron chi connectivity index (χ3n) is 1.52. The van der Waals surface area contributed by atoms with Crippen LogP contribution in [-0.4, -0.2) is 26.7 Å². The molecule has 0 aliphatic rings. The number of aliphatic hydroxyl groups excluding tert-OH is 1. The number of hydrogen-bond donors (Lipinski definition) is 1. The molecular formula is C9H11N3OS. The Morgan fingerprint density at radius 3 is 2.93 bits per heavy atom. The number of rotatable bonds is 3. The molecule has 1 aromatic heterocycles. The third-order valence-corrected chi connectivity index (χ3v) is 2.61. The highest BCUT2D eigenvalue weighted by Crippen LogP contribution is 2.30. The first-order chi connectivity index (χ1) is 6.57. The van der Waals surface area contributed by atoms with E-state index in [1.54, 1.807) is 6.07 Å². The van der Waals surface area contributed by atoms with E-state index >= 15 is 0 Å². The fourth-order valence-corrected chi connectivity index (χ4v) is 1.68. The molecule has 0 fully saturated rings. The zero-order chi connectivity index (χ0) is 10.6. The van der Waals surface area contributed by atoms with E-state index < -0.39 is 0 Å². The monoisotopic (exact) mass is 209 g/mol. The first-order valence-electron chi connectivity index (χ1n) is 4.10. The van der Waals surface area contributed by atoms with E-state index in [0.717, 1.165) is 0 Å². The molecule has 1 heterocycles. The van der Waals surface area contributed by atoms with Gasteiger partial charge in [-0.15, -0.1) is 5.10 Å². The maximum Gasteiger partial charge on any atom is 0.121 e. The molecule has 1 rings (SSSR count). The van der Waals surface area contributed by atoms with Gasteiger partial charge in [0.25, 0.3) is 0 Å². The average molecular weight is 209 g/mol. The standard InChI is InChI=1S/C9H11N3OS/c1-9(2,6-13)14-8-3-7(4-10)5-11-12-8/h3,5,13H,6H2,1-2H3. The molecule has 1 aromatic rings. The van der Waals surface area contributed by atoms with Gasteiger partial charge < -0.3 is 5.11 Å². The van der Waals surface area contributed by atoms with Crippen LogP contribution in [-0.2, 0) is 0 Å². The van der Waals surface area contributed by atoms with Crippen LogP contribution in [0.1, 0.15) is 19.4 Å². The molecule has 0 saturated carbocycles. The van der Waals surface area contributed by atoms with Crippen molar-refractivity contribution in [3.8, 4) is 6.07 Å². The Hall–Kier alpha value is -1.12. The number of nitrogens with zero attached hydrogens (tertiary/aromatic N) is 3. The summed E-state index contributed by atoms with van der Waals surface area (Å²) in [5, 5.41) is 25.9. The van der Waals surface area contributed by atoms with Crippen molar-refractivity contribution < 1.29 is 5.11 Å². The van der Waals surface area contributed by atoms with Crippen molar-refractivity contribution in [2.24, 2.45) is 0 Å². The minimum atomic E-state index is -0.303. The van der Waals surface area contributed by atoms with Gasteiger partial charge in [-0.3, -0.25) is 0 Å². The number of aromatic nitrogens is 2. The summed E-state index contributed by atoms with van der Waals surface area (Å²) in [4.78, 5) is 0. The Labute approximate surface area is 87.0 Å². The van der Waals surface area contributed by atoms with Crippen LogP contribution in [0, 0.1) is 11.3 Å². The highest BCUT2D eigenvalue weighted by atomic mass is 32.2. The van der Waals surface area contributed by atoms with Gasteiger partial charge in [-0.05, 0) is 19.9 Å². The van der Waals surface area contributed by atoms with Gasteiger partial charge >= 0.3 is 0 Å². The molecule has 0 aliphatic carbocycles. The number of aliphatic hydroxyl groups is 1. The Balaban J connectivity index is 2.83. The zero-order valence-electron chi connectivity index (χ0n) is 8.06. The molecule has 0 aliphatic heterocycles. The zero-order valence-corrected chi connectivity index (χ0v) is 8.88. The van der Waals surface area contributed by atoms with E-state index in [0.29, 0.717) is 10.6 Å². The van der Waals surface area contributed by atoms with Gasteiger partial charge in [-0.25, -0.2) is 0 Å². The molecule has 5 heteroatoms. The normalized spacial score (nSPS) is 11.0. The summed E-state index contributed by atoms with van der Waals surface area (Å²) >= 11 is 1.40. The largest absolute Gasteiger partial charge is 0.395 e. The van der Waals surface area contributed by atoms with Crippen LogP contribution in [0.3, 0.4) is 0 Å². The maximum atomic E-state index is 9.05. The summed E-state index contributed by atoms with van der Waals surface area (Å²) in [6.45, 7) is 3.85. The average Bonchev–Trinajstić information content (AvgIpc) is 2.17. The van der Waals surface area contributed by atoms with Crippen molar-refractivity contribution in [1.82, 2.24) is 10.2 Å². The summed E-state index contributed by atoms with van der Waals surface area (Å²) in [5.74, 6) is 0. The second kappa shape index (κ2) is 4.40. The lowest BCUT2D eigenvalue weighted by atomic mass is 10.2. The van der Waals surface area contributed by atoms with Crippen LogP contribution in [0.25, 0.3) is 0 Å². The van der Waals surface area contributed by atoms with Gasteiger partial charge in [0, 0.05) is 4.75 Å². The van der Waals surface area contributed by atoms with Crippen LogP contribution in [0.15, 0.2) is 17.3 Å². The second-order valence-corrected chi connectivity index (χ2v) is 5.14. The number of thioether (sulfide) groups is 1. The van der Waals surface area contributed by atoms with E-state index in [-0.39, 0.29) is 11.4 Å². The maximum absolute atomic E-state index is 9.05. The molecule has 0 saturated heterocycles. The van der Waals surface area contributed by atoms with E-state index in [2.05, 4.69) is 10.2 Å². The summed E-state index contributed by atoms with van der Waals surface area (Å²) in [6, 6.07) is 3.65. The molecule has 0 amide bonds. The molecule has 74 valence electrons. The molecule has 1 N–H and O–H groups in total. The van der Waals surface area contributed by atoms with Crippen LogP contribution >= 0.6 is 11.8 Å². The Morgan fingerprint density at radius 1 is 1.64 bits per heavy atom. The van der Waals surface area contributed by atoms with Gasteiger partial charge in [-0.2, -0.15) is 10.4 Å². The minimum absolute atomic E-state index is 0.0517. The summed E-state index contributed by atoms with van der Waals surface area (Å²) in [6.07, 6.45) is 1.41. The first kappa shape index (κ1) is 11.0. The van der Waals surface area contributed by atoms with Crippen molar-refractivity contribution in [2.75, 3.05) is 6.61 Å². The fourth-order valence-electron chi connectivity index (χ4n) is 0.774. The highest BCUT2D eigenvalue weighted by Gasteiger charge is 2.19. The Kier molecular flexibility index (Phi) is 3.44. The summed E-state index contributed by atoms with van der Waals surface area (Å²) in [5.41, 5.74) is 0.483. The van der Waals surface area contributed by atoms with Crippen molar-refractivity contribution in [3.63, 3.8) is 0 Å². The Morgan fingerprint density at radius 2 is 2.36 bits per heavy atom. The van der Waals surface area contributed by atoms with Gasteiger partial charge in [0.1, 0.15) is 11.1 Å². The topological polar surface area (TPSA) is 69.8 Å². The molecule has 4 nitrogen and oxygen atoms in total. The molecule has 0 bridgehead atoms. The minimum Gasteiger partial charge on any atom is -0.395 e. The van der Waals surface area contributed by atoms with Gasteiger partial charge in [0.15, 0.2) is 0 Å². The smallest absolute Gasteiger partial charge is 0.121 e. The van der Waals surface area contributed by atoms with Gasteiger partial charge in [0.05, 0.1) is 18.4 Å². The predicted molar refractivity (Wildman–Crippen MR) is 53.8 cm³/mol. The van der Waals surface area contributed by atoms with Gasteiger partial charge in [-0.1, -0.05) is 11.8 Å². The lowest BCUT2D eigenvalue weighted by molar-refractivity contribution is 0.265. The molecule has 0 atom stereocenters. The van der Waals surface area contributed by atoms with E-state index in [1.807, 2.05) is 19.9 Å². The lowest BCUT2D eigenvalue weighted by Gasteiger charge is -2.19. The fraction of sp³-hybridized carbons (Fsp3) is 0.444. The van der Waals surface area contributed by atoms with Gasteiger partial charge in [0.2, 0.25) is 0 Å². The van der Waals surface area contributed by atoms with E-state index in [9.17, 15) is 0 Å². The molecule has 0 aromatic carbocycles. The summed E-state index contributed by atoms with van der Waals surface area (Å²) in [7, 11) is 0. The molecule has 14 heavy (non-hydrogen) atoms. The highest BCUT2D eigenvalue weighted by molar-refractivity contribution is 8.00. The first-order valence-corrected chi connectivity index (χ1v) is 4.92. The molecule has 0 spiro atoms. The quantitative estimate of drug-likeness (QED) is 0.758. The number of hydrogen-bond acceptors (Lipinski definition) is 5. The van der Waals surface area contributed by atoms with Crippen molar-refractivity contribution in [3.05, 3.63) is 17.8 Å². The van der Waals surface area contributed by atoms with E-state index in [4.69, 9.17) is 10.4 Å². The van der Waals surface area contributed by atoms with Crippen LogP contribution in [0.5, 0.6) is 0 Å². The Bertz CT molecular complexity index is 359. The summed E-state index contributed by atoms with van der Waals surface area (Å²) < 4.78 is -0.303. The number of nitriles is 1. The van der Waals surface area contributed by atoms with Crippen LogP contribution in [0.2, 0.25) is 0 Å². The molecular weight excluding hydrogens is 198 g/mol. The molecule has 0 unspecified atom stereocenters. The third kappa shape index (κ3) is 2.98. The lowest BCUT2D eigenvalue weighted by Crippen LogP contribution is -2.20. The van der Waals surface area contributed by atoms with Crippen LogP contribution in [0.4, 0.5) is 0 Å². The van der Waals surface area contributed by atoms with Crippen molar-refractivity contribution in [1.29, 1.82) is 5.26 Å². The van der Waals surface area contributed by atoms with E-state index in [1.165, 1.54) is 18.0 Å². The predicted octanol–water partition coefficient (Wildman–Crippen LogP) is 1.21.